The smallest absolute Gasteiger partial charge is 0.266 e. The van der Waals surface area contributed by atoms with E-state index < -0.39 is 5.56 Å². The van der Waals surface area contributed by atoms with Crippen molar-refractivity contribution in [1.29, 1.82) is 0 Å². The first-order valence-electron chi connectivity index (χ1n) is 6.01. The van der Waals surface area contributed by atoms with Crippen molar-refractivity contribution in [2.24, 2.45) is 0 Å². The van der Waals surface area contributed by atoms with Gasteiger partial charge in [0.1, 0.15) is 17.4 Å². The summed E-state index contributed by atoms with van der Waals surface area (Å²) in [6, 6.07) is 10.6. The summed E-state index contributed by atoms with van der Waals surface area (Å²) in [5.74, 6) is 0.425. The maximum Gasteiger partial charge on any atom is 0.266 e. The minimum atomic E-state index is -0.421. The molecule has 1 amide bonds. The van der Waals surface area contributed by atoms with Crippen molar-refractivity contribution < 1.29 is 9.53 Å². The molecular weight excluding hydrogens is 280 g/mol. The lowest BCUT2D eigenvalue weighted by molar-refractivity contribution is 0.0946. The summed E-state index contributed by atoms with van der Waals surface area (Å²) in [5.41, 5.74) is -0.120. The van der Waals surface area contributed by atoms with Gasteiger partial charge in [-0.05, 0) is 18.2 Å². The van der Waals surface area contributed by atoms with Crippen LogP contribution < -0.4 is 15.6 Å². The molecule has 2 aromatic rings. The molecule has 104 valence electrons. The second-order valence-electron chi connectivity index (χ2n) is 3.98. The Hall–Kier alpha value is -2.27. The summed E-state index contributed by atoms with van der Waals surface area (Å²) >= 11 is 5.65. The molecule has 0 saturated heterocycles. The number of para-hydroxylation sites is 1. The van der Waals surface area contributed by atoms with Gasteiger partial charge in [0.15, 0.2) is 0 Å². The van der Waals surface area contributed by atoms with E-state index in [1.165, 1.54) is 12.3 Å². The van der Waals surface area contributed by atoms with Crippen LogP contribution >= 0.6 is 11.6 Å². The second kappa shape index (κ2) is 6.77. The number of benzene rings is 1. The number of carbonyl (C=O) groups excluding carboxylic acids is 1. The first-order valence-corrected chi connectivity index (χ1v) is 6.39. The lowest BCUT2D eigenvalue weighted by Gasteiger charge is -2.07. The van der Waals surface area contributed by atoms with E-state index in [1.807, 2.05) is 30.3 Å². The molecule has 2 rings (SSSR count). The van der Waals surface area contributed by atoms with E-state index in [1.54, 1.807) is 0 Å². The van der Waals surface area contributed by atoms with Crippen molar-refractivity contribution >= 4 is 17.5 Å². The molecule has 0 spiro atoms. The number of ether oxygens (including phenoxy) is 1. The van der Waals surface area contributed by atoms with E-state index in [9.17, 15) is 9.59 Å². The van der Waals surface area contributed by atoms with Crippen molar-refractivity contribution in [1.82, 2.24) is 10.3 Å². The molecule has 0 aliphatic rings. The molecule has 0 atom stereocenters. The van der Waals surface area contributed by atoms with E-state index in [4.69, 9.17) is 16.3 Å². The molecule has 0 radical (unpaired) electrons. The Balaban J connectivity index is 1.80. The van der Waals surface area contributed by atoms with Crippen LogP contribution in [0.3, 0.4) is 0 Å². The summed E-state index contributed by atoms with van der Waals surface area (Å²) in [6.45, 7) is 0.706. The molecule has 0 saturated carbocycles. The molecule has 2 N–H and O–H groups in total. The van der Waals surface area contributed by atoms with Gasteiger partial charge in [-0.3, -0.25) is 9.59 Å². The van der Waals surface area contributed by atoms with Gasteiger partial charge in [0, 0.05) is 6.20 Å². The van der Waals surface area contributed by atoms with Crippen LogP contribution in [0.25, 0.3) is 0 Å². The predicted molar refractivity (Wildman–Crippen MR) is 76.3 cm³/mol. The minimum absolute atomic E-state index is 0.0156. The number of pyridine rings is 1. The number of H-pyrrole nitrogens is 1. The van der Waals surface area contributed by atoms with Gasteiger partial charge >= 0.3 is 0 Å². The van der Waals surface area contributed by atoms with Gasteiger partial charge in [0.25, 0.3) is 11.5 Å². The highest BCUT2D eigenvalue weighted by molar-refractivity contribution is 6.30. The summed E-state index contributed by atoms with van der Waals surface area (Å²) in [4.78, 5) is 25.2. The molecule has 1 aromatic carbocycles. The van der Waals surface area contributed by atoms with Crippen molar-refractivity contribution in [2.75, 3.05) is 13.2 Å². The Labute approximate surface area is 120 Å². The third kappa shape index (κ3) is 3.86. The van der Waals surface area contributed by atoms with Crippen LogP contribution in [-0.2, 0) is 0 Å². The molecule has 0 fully saturated rings. The fraction of sp³-hybridized carbons (Fsp3) is 0.143. The summed E-state index contributed by atoms with van der Waals surface area (Å²) in [5, 5.41) is 2.66. The fourth-order valence-electron chi connectivity index (χ4n) is 1.54. The SMILES string of the molecule is O=C(NCCOc1ccccc1)c1c[nH]c(=O)c(Cl)c1. The van der Waals surface area contributed by atoms with E-state index in [2.05, 4.69) is 10.3 Å². The molecule has 0 unspecified atom stereocenters. The number of hydrogen-bond acceptors (Lipinski definition) is 3. The molecule has 0 aliphatic carbocycles. The number of hydrogen-bond donors (Lipinski definition) is 2. The zero-order valence-electron chi connectivity index (χ0n) is 10.6. The van der Waals surface area contributed by atoms with E-state index in [0.29, 0.717) is 18.7 Å². The van der Waals surface area contributed by atoms with Crippen LogP contribution in [0.15, 0.2) is 47.4 Å². The third-order valence-electron chi connectivity index (χ3n) is 2.52. The second-order valence-corrected chi connectivity index (χ2v) is 4.39. The highest BCUT2D eigenvalue weighted by Crippen LogP contribution is 2.07. The molecule has 6 heteroatoms. The largest absolute Gasteiger partial charge is 0.492 e. The number of aromatic nitrogens is 1. The molecule has 5 nitrogen and oxygen atoms in total. The Morgan fingerprint density at radius 2 is 2.05 bits per heavy atom. The van der Waals surface area contributed by atoms with E-state index in [0.717, 1.165) is 5.75 Å². The van der Waals surface area contributed by atoms with Gasteiger partial charge in [-0.2, -0.15) is 0 Å². The number of carbonyl (C=O) groups is 1. The molecular formula is C14H13ClN2O3. The van der Waals surface area contributed by atoms with Gasteiger partial charge in [-0.25, -0.2) is 0 Å². The highest BCUT2D eigenvalue weighted by Gasteiger charge is 2.07. The van der Waals surface area contributed by atoms with Crippen LogP contribution in [0.4, 0.5) is 0 Å². The number of aromatic amines is 1. The van der Waals surface area contributed by atoms with Crippen molar-refractivity contribution in [3.63, 3.8) is 0 Å². The van der Waals surface area contributed by atoms with Crippen LogP contribution in [-0.4, -0.2) is 24.0 Å². The van der Waals surface area contributed by atoms with Crippen LogP contribution in [0.1, 0.15) is 10.4 Å². The number of rotatable bonds is 5. The van der Waals surface area contributed by atoms with Gasteiger partial charge in [-0.1, -0.05) is 29.8 Å². The molecule has 20 heavy (non-hydrogen) atoms. The molecule has 0 aliphatic heterocycles. The van der Waals surface area contributed by atoms with Gasteiger partial charge in [0.05, 0.1) is 12.1 Å². The molecule has 1 heterocycles. The normalized spacial score (nSPS) is 10.1. The number of nitrogens with one attached hydrogen (secondary N) is 2. The Kier molecular flexibility index (Phi) is 4.79. The molecule has 1 aromatic heterocycles. The van der Waals surface area contributed by atoms with Crippen LogP contribution in [0, 0.1) is 0 Å². The number of amides is 1. The van der Waals surface area contributed by atoms with Gasteiger partial charge in [-0.15, -0.1) is 0 Å². The summed E-state index contributed by atoms with van der Waals surface area (Å²) < 4.78 is 5.44. The first-order chi connectivity index (χ1) is 9.66. The average molecular weight is 293 g/mol. The monoisotopic (exact) mass is 292 g/mol. The minimum Gasteiger partial charge on any atom is -0.492 e. The van der Waals surface area contributed by atoms with Gasteiger partial charge < -0.3 is 15.0 Å². The average Bonchev–Trinajstić information content (AvgIpc) is 2.47. The lowest BCUT2D eigenvalue weighted by Crippen LogP contribution is -2.28. The first kappa shape index (κ1) is 14.1. The van der Waals surface area contributed by atoms with E-state index >= 15 is 0 Å². The Morgan fingerprint density at radius 1 is 1.30 bits per heavy atom. The quantitative estimate of drug-likeness (QED) is 0.826. The Morgan fingerprint density at radius 3 is 2.75 bits per heavy atom. The standard InChI is InChI=1S/C14H13ClN2O3/c15-12-8-10(9-17-14(12)19)13(18)16-6-7-20-11-4-2-1-3-5-11/h1-5,8-9H,6-7H2,(H,16,18)(H,17,19). The lowest BCUT2D eigenvalue weighted by atomic mass is 10.2. The number of halogens is 1. The van der Waals surface area contributed by atoms with Crippen molar-refractivity contribution in [3.8, 4) is 5.75 Å². The fourth-order valence-corrected chi connectivity index (χ4v) is 1.71. The predicted octanol–water partition coefficient (Wildman–Crippen LogP) is 1.84. The highest BCUT2D eigenvalue weighted by atomic mass is 35.5. The van der Waals surface area contributed by atoms with Crippen LogP contribution in [0.2, 0.25) is 5.02 Å². The third-order valence-corrected chi connectivity index (χ3v) is 2.80. The summed E-state index contributed by atoms with van der Waals surface area (Å²) in [7, 11) is 0. The zero-order valence-corrected chi connectivity index (χ0v) is 11.3. The topological polar surface area (TPSA) is 71.2 Å². The van der Waals surface area contributed by atoms with Gasteiger partial charge in [0.2, 0.25) is 0 Å². The zero-order chi connectivity index (χ0) is 14.4. The van der Waals surface area contributed by atoms with Crippen molar-refractivity contribution in [3.05, 3.63) is 63.5 Å². The summed E-state index contributed by atoms with van der Waals surface area (Å²) in [6.07, 6.45) is 1.32. The maximum absolute atomic E-state index is 11.8. The maximum atomic E-state index is 11.8. The van der Waals surface area contributed by atoms with E-state index in [-0.39, 0.29) is 10.9 Å². The molecule has 0 bridgehead atoms. The van der Waals surface area contributed by atoms with Crippen LogP contribution in [0.5, 0.6) is 5.75 Å². The van der Waals surface area contributed by atoms with Crippen molar-refractivity contribution in [2.45, 2.75) is 0 Å². The Bertz CT molecular complexity index is 640.